The van der Waals surface area contributed by atoms with Crippen LogP contribution in [0.2, 0.25) is 0 Å². The fourth-order valence-electron chi connectivity index (χ4n) is 2.43. The number of aromatic nitrogens is 3. The Hall–Kier alpha value is -2.42. The summed E-state index contributed by atoms with van der Waals surface area (Å²) < 4.78 is 1.97. The zero-order valence-electron chi connectivity index (χ0n) is 12.5. The Balaban J connectivity index is 2.17. The molecule has 1 aromatic heterocycles. The molecule has 2 aromatic carbocycles. The lowest BCUT2D eigenvalue weighted by atomic mass is 10.2. The molecule has 0 fully saturated rings. The van der Waals surface area contributed by atoms with Crippen LogP contribution in [0, 0.1) is 6.92 Å². The standard InChI is InChI=1S/C18H19N3/c1-3-9-17-19-18(15-11-5-4-6-12-15)21(20-17)16-13-8-7-10-14(16)2/h4-8,10-13H,3,9H2,1-2H3. The Bertz CT molecular complexity index is 729. The second-order valence-corrected chi connectivity index (χ2v) is 5.17. The molecule has 0 spiro atoms. The Morgan fingerprint density at radius 2 is 1.67 bits per heavy atom. The predicted molar refractivity (Wildman–Crippen MR) is 85.5 cm³/mol. The van der Waals surface area contributed by atoms with Gasteiger partial charge in [-0.25, -0.2) is 9.67 Å². The van der Waals surface area contributed by atoms with Crippen LogP contribution in [0.4, 0.5) is 0 Å². The van der Waals surface area contributed by atoms with Crippen molar-refractivity contribution in [1.29, 1.82) is 0 Å². The summed E-state index contributed by atoms with van der Waals surface area (Å²) in [4.78, 5) is 4.74. The van der Waals surface area contributed by atoms with Crippen molar-refractivity contribution in [1.82, 2.24) is 14.8 Å². The average Bonchev–Trinajstić information content (AvgIpc) is 2.93. The number of aryl methyl sites for hydroxylation is 2. The van der Waals surface area contributed by atoms with E-state index in [4.69, 9.17) is 10.1 Å². The van der Waals surface area contributed by atoms with Crippen molar-refractivity contribution >= 4 is 0 Å². The lowest BCUT2D eigenvalue weighted by molar-refractivity contribution is 0.798. The van der Waals surface area contributed by atoms with Gasteiger partial charge in [0.2, 0.25) is 0 Å². The van der Waals surface area contributed by atoms with Gasteiger partial charge in [0.05, 0.1) is 5.69 Å². The van der Waals surface area contributed by atoms with E-state index in [2.05, 4.69) is 38.1 Å². The summed E-state index contributed by atoms with van der Waals surface area (Å²) in [5.74, 6) is 1.81. The minimum atomic E-state index is 0.902. The third-order valence-corrected chi connectivity index (χ3v) is 3.50. The van der Waals surface area contributed by atoms with E-state index in [0.29, 0.717) is 0 Å². The third-order valence-electron chi connectivity index (χ3n) is 3.50. The Labute approximate surface area is 125 Å². The van der Waals surface area contributed by atoms with Gasteiger partial charge in [-0.05, 0) is 25.0 Å². The fourth-order valence-corrected chi connectivity index (χ4v) is 2.43. The van der Waals surface area contributed by atoms with Gasteiger partial charge in [-0.15, -0.1) is 0 Å². The van der Waals surface area contributed by atoms with Crippen molar-refractivity contribution in [3.05, 3.63) is 66.0 Å². The van der Waals surface area contributed by atoms with Crippen molar-refractivity contribution < 1.29 is 0 Å². The molecule has 0 saturated heterocycles. The lowest BCUT2D eigenvalue weighted by Crippen LogP contribution is -2.02. The van der Waals surface area contributed by atoms with E-state index >= 15 is 0 Å². The number of rotatable bonds is 4. The number of nitrogens with zero attached hydrogens (tertiary/aromatic N) is 3. The van der Waals surface area contributed by atoms with Gasteiger partial charge in [-0.3, -0.25) is 0 Å². The maximum atomic E-state index is 4.74. The Morgan fingerprint density at radius 3 is 2.38 bits per heavy atom. The van der Waals surface area contributed by atoms with Crippen LogP contribution >= 0.6 is 0 Å². The van der Waals surface area contributed by atoms with Crippen molar-refractivity contribution in [2.45, 2.75) is 26.7 Å². The van der Waals surface area contributed by atoms with Gasteiger partial charge in [-0.1, -0.05) is 55.5 Å². The van der Waals surface area contributed by atoms with Crippen molar-refractivity contribution in [3.63, 3.8) is 0 Å². The highest BCUT2D eigenvalue weighted by atomic mass is 15.4. The maximum Gasteiger partial charge on any atom is 0.163 e. The minimum absolute atomic E-state index is 0.902. The van der Waals surface area contributed by atoms with E-state index in [9.17, 15) is 0 Å². The molecule has 0 unspecified atom stereocenters. The first-order valence-electron chi connectivity index (χ1n) is 7.37. The molecule has 106 valence electrons. The Kier molecular flexibility index (Phi) is 3.82. The van der Waals surface area contributed by atoms with Crippen LogP contribution in [0.5, 0.6) is 0 Å². The van der Waals surface area contributed by atoms with E-state index in [1.807, 2.05) is 35.0 Å². The smallest absolute Gasteiger partial charge is 0.163 e. The minimum Gasteiger partial charge on any atom is -0.213 e. The summed E-state index contributed by atoms with van der Waals surface area (Å²) in [5, 5.41) is 4.71. The highest BCUT2D eigenvalue weighted by Crippen LogP contribution is 2.23. The summed E-state index contributed by atoms with van der Waals surface area (Å²) in [5.41, 5.74) is 3.38. The summed E-state index contributed by atoms with van der Waals surface area (Å²) in [6.07, 6.45) is 1.95. The second kappa shape index (κ2) is 5.92. The first-order valence-corrected chi connectivity index (χ1v) is 7.37. The van der Waals surface area contributed by atoms with E-state index in [-0.39, 0.29) is 0 Å². The molecule has 0 atom stereocenters. The largest absolute Gasteiger partial charge is 0.213 e. The topological polar surface area (TPSA) is 30.7 Å². The van der Waals surface area contributed by atoms with Crippen LogP contribution in [0.25, 0.3) is 17.1 Å². The van der Waals surface area contributed by atoms with Gasteiger partial charge < -0.3 is 0 Å². The quantitative estimate of drug-likeness (QED) is 0.715. The van der Waals surface area contributed by atoms with Gasteiger partial charge in [-0.2, -0.15) is 5.10 Å². The van der Waals surface area contributed by atoms with Gasteiger partial charge in [0, 0.05) is 12.0 Å². The van der Waals surface area contributed by atoms with Crippen LogP contribution in [0.3, 0.4) is 0 Å². The highest BCUT2D eigenvalue weighted by Gasteiger charge is 2.14. The monoisotopic (exact) mass is 277 g/mol. The second-order valence-electron chi connectivity index (χ2n) is 5.17. The third kappa shape index (κ3) is 2.72. The Morgan fingerprint density at radius 1 is 0.952 bits per heavy atom. The van der Waals surface area contributed by atoms with E-state index in [0.717, 1.165) is 35.7 Å². The highest BCUT2D eigenvalue weighted by molar-refractivity contribution is 5.58. The van der Waals surface area contributed by atoms with E-state index in [1.54, 1.807) is 0 Å². The number of hydrogen-bond donors (Lipinski definition) is 0. The fraction of sp³-hybridized carbons (Fsp3) is 0.222. The van der Waals surface area contributed by atoms with Gasteiger partial charge >= 0.3 is 0 Å². The molecule has 0 saturated carbocycles. The lowest BCUT2D eigenvalue weighted by Gasteiger charge is -2.08. The molecule has 3 heteroatoms. The molecule has 3 rings (SSSR count). The number of hydrogen-bond acceptors (Lipinski definition) is 2. The molecule has 0 amide bonds. The normalized spacial score (nSPS) is 10.8. The van der Waals surface area contributed by atoms with Crippen molar-refractivity contribution in [3.8, 4) is 17.1 Å². The molecule has 0 N–H and O–H groups in total. The first-order chi connectivity index (χ1) is 10.3. The molecule has 0 aliphatic carbocycles. The van der Waals surface area contributed by atoms with E-state index in [1.165, 1.54) is 5.56 Å². The molecule has 1 heterocycles. The van der Waals surface area contributed by atoms with Gasteiger partial charge in [0.25, 0.3) is 0 Å². The molecule has 21 heavy (non-hydrogen) atoms. The zero-order valence-corrected chi connectivity index (χ0v) is 12.5. The summed E-state index contributed by atoms with van der Waals surface area (Å²) in [6.45, 7) is 4.25. The van der Waals surface area contributed by atoms with Gasteiger partial charge in [0.15, 0.2) is 11.6 Å². The van der Waals surface area contributed by atoms with Crippen LogP contribution < -0.4 is 0 Å². The zero-order chi connectivity index (χ0) is 14.7. The molecule has 0 aliphatic heterocycles. The predicted octanol–water partition coefficient (Wildman–Crippen LogP) is 4.20. The molecule has 0 radical (unpaired) electrons. The number of benzene rings is 2. The molecule has 0 aliphatic rings. The molecular weight excluding hydrogens is 258 g/mol. The van der Waals surface area contributed by atoms with Crippen molar-refractivity contribution in [2.24, 2.45) is 0 Å². The van der Waals surface area contributed by atoms with Crippen LogP contribution in [0.15, 0.2) is 54.6 Å². The maximum absolute atomic E-state index is 4.74. The SMILES string of the molecule is CCCc1nc(-c2ccccc2)n(-c2ccccc2C)n1. The average molecular weight is 277 g/mol. The summed E-state index contributed by atoms with van der Waals surface area (Å²) >= 11 is 0. The van der Waals surface area contributed by atoms with Crippen LogP contribution in [-0.2, 0) is 6.42 Å². The molecule has 3 aromatic rings. The van der Waals surface area contributed by atoms with Gasteiger partial charge in [0.1, 0.15) is 0 Å². The van der Waals surface area contributed by atoms with Crippen LogP contribution in [0.1, 0.15) is 24.7 Å². The van der Waals surface area contributed by atoms with Crippen molar-refractivity contribution in [2.75, 3.05) is 0 Å². The summed E-state index contributed by atoms with van der Waals surface area (Å²) in [7, 11) is 0. The molecule has 0 bridgehead atoms. The first kappa shape index (κ1) is 13.6. The summed E-state index contributed by atoms with van der Waals surface area (Å²) in [6, 6.07) is 18.5. The number of para-hydroxylation sites is 1. The van der Waals surface area contributed by atoms with E-state index < -0.39 is 0 Å². The van der Waals surface area contributed by atoms with Crippen LogP contribution in [-0.4, -0.2) is 14.8 Å². The molecule has 3 nitrogen and oxygen atoms in total. The molecular formula is C18H19N3.